The van der Waals surface area contributed by atoms with Gasteiger partial charge in [-0.05, 0) is 24.3 Å². The highest BCUT2D eigenvalue weighted by Crippen LogP contribution is 2.34. The normalized spacial score (nSPS) is 19.4. The fourth-order valence-electron chi connectivity index (χ4n) is 2.99. The standard InChI is InChI=1S/C17H22N2O2S/c1-12(2)17(20)19-9-5-3-4-7-14(19)13-11-15(21-18-13)16-8-6-10-22-16/h6,8,10-12,14H,3-5,7,9H2,1-2H3/t14-/m1/s1. The van der Waals surface area contributed by atoms with Gasteiger partial charge in [0.05, 0.1) is 10.9 Å². The highest BCUT2D eigenvalue weighted by molar-refractivity contribution is 7.13. The van der Waals surface area contributed by atoms with Crippen molar-refractivity contribution in [1.82, 2.24) is 10.1 Å². The average molecular weight is 318 g/mol. The molecule has 2 aromatic rings. The van der Waals surface area contributed by atoms with Crippen LogP contribution in [-0.4, -0.2) is 22.5 Å². The number of carbonyl (C=O) groups excluding carboxylic acids is 1. The van der Waals surface area contributed by atoms with Crippen LogP contribution in [0.4, 0.5) is 0 Å². The Bertz CT molecular complexity index is 618. The van der Waals surface area contributed by atoms with E-state index in [2.05, 4.69) is 5.16 Å². The summed E-state index contributed by atoms with van der Waals surface area (Å²) >= 11 is 1.64. The summed E-state index contributed by atoms with van der Waals surface area (Å²) in [6.45, 7) is 4.75. The Morgan fingerprint density at radius 3 is 3.00 bits per heavy atom. The van der Waals surface area contributed by atoms with E-state index in [1.807, 2.05) is 42.3 Å². The molecule has 0 radical (unpaired) electrons. The van der Waals surface area contributed by atoms with E-state index >= 15 is 0 Å². The van der Waals surface area contributed by atoms with Crippen molar-refractivity contribution in [3.8, 4) is 10.6 Å². The number of amides is 1. The summed E-state index contributed by atoms with van der Waals surface area (Å²) in [6.07, 6.45) is 4.35. The van der Waals surface area contributed by atoms with Gasteiger partial charge in [-0.3, -0.25) is 4.79 Å². The Kier molecular flexibility index (Phi) is 4.62. The van der Waals surface area contributed by atoms with E-state index in [1.54, 1.807) is 11.3 Å². The Balaban J connectivity index is 1.87. The van der Waals surface area contributed by atoms with Crippen LogP contribution in [0.2, 0.25) is 0 Å². The van der Waals surface area contributed by atoms with Crippen LogP contribution in [0.5, 0.6) is 0 Å². The Hall–Kier alpha value is -1.62. The molecule has 1 fully saturated rings. The number of hydrogen-bond acceptors (Lipinski definition) is 4. The van der Waals surface area contributed by atoms with Gasteiger partial charge in [-0.15, -0.1) is 11.3 Å². The summed E-state index contributed by atoms with van der Waals surface area (Å²) in [5, 5.41) is 6.29. The lowest BCUT2D eigenvalue weighted by atomic mass is 10.0. The molecule has 0 saturated carbocycles. The van der Waals surface area contributed by atoms with Crippen molar-refractivity contribution in [2.75, 3.05) is 6.54 Å². The second-order valence-corrected chi connectivity index (χ2v) is 7.09. The summed E-state index contributed by atoms with van der Waals surface area (Å²) in [4.78, 5) is 15.6. The molecule has 0 aromatic carbocycles. The molecule has 1 saturated heterocycles. The first-order valence-electron chi connectivity index (χ1n) is 7.98. The predicted molar refractivity (Wildman–Crippen MR) is 87.6 cm³/mol. The van der Waals surface area contributed by atoms with Crippen molar-refractivity contribution in [2.45, 2.75) is 45.6 Å². The topological polar surface area (TPSA) is 46.3 Å². The van der Waals surface area contributed by atoms with E-state index in [9.17, 15) is 4.79 Å². The molecule has 1 aliphatic rings. The molecule has 1 aliphatic heterocycles. The van der Waals surface area contributed by atoms with Gasteiger partial charge in [0.25, 0.3) is 0 Å². The SMILES string of the molecule is CC(C)C(=O)N1CCCCC[C@@H]1c1cc(-c2cccs2)on1. The first kappa shape index (κ1) is 15.3. The largest absolute Gasteiger partial charge is 0.355 e. The minimum absolute atomic E-state index is 0.0178. The third-order valence-corrected chi connectivity index (χ3v) is 5.05. The molecule has 4 nitrogen and oxygen atoms in total. The maximum Gasteiger partial charge on any atom is 0.225 e. The third kappa shape index (κ3) is 3.09. The van der Waals surface area contributed by atoms with Crippen LogP contribution in [0.15, 0.2) is 28.1 Å². The second kappa shape index (κ2) is 6.65. The van der Waals surface area contributed by atoms with Gasteiger partial charge >= 0.3 is 0 Å². The van der Waals surface area contributed by atoms with Gasteiger partial charge in [-0.25, -0.2) is 0 Å². The average Bonchev–Trinajstić information content (AvgIpc) is 3.13. The van der Waals surface area contributed by atoms with Crippen LogP contribution >= 0.6 is 11.3 Å². The zero-order chi connectivity index (χ0) is 15.5. The predicted octanol–water partition coefficient (Wildman–Crippen LogP) is 4.50. The lowest BCUT2D eigenvalue weighted by Crippen LogP contribution is -2.37. The fourth-order valence-corrected chi connectivity index (χ4v) is 3.67. The maximum absolute atomic E-state index is 12.5. The molecule has 1 atom stereocenters. The molecule has 3 rings (SSSR count). The summed E-state index contributed by atoms with van der Waals surface area (Å²) in [5.74, 6) is 1.03. The van der Waals surface area contributed by atoms with Crippen molar-refractivity contribution in [3.05, 3.63) is 29.3 Å². The van der Waals surface area contributed by atoms with Gasteiger partial charge in [0, 0.05) is 18.5 Å². The maximum atomic E-state index is 12.5. The summed E-state index contributed by atoms with van der Waals surface area (Å²) < 4.78 is 5.51. The van der Waals surface area contributed by atoms with E-state index < -0.39 is 0 Å². The van der Waals surface area contributed by atoms with Crippen LogP contribution < -0.4 is 0 Å². The van der Waals surface area contributed by atoms with E-state index in [1.165, 1.54) is 6.42 Å². The van der Waals surface area contributed by atoms with Gasteiger partial charge < -0.3 is 9.42 Å². The van der Waals surface area contributed by atoms with Crippen molar-refractivity contribution in [3.63, 3.8) is 0 Å². The molecular formula is C17H22N2O2S. The molecule has 0 bridgehead atoms. The highest BCUT2D eigenvalue weighted by atomic mass is 32.1. The number of aromatic nitrogens is 1. The van der Waals surface area contributed by atoms with E-state index in [0.717, 1.165) is 42.1 Å². The Labute approximate surface area is 135 Å². The van der Waals surface area contributed by atoms with Crippen molar-refractivity contribution in [2.24, 2.45) is 5.92 Å². The lowest BCUT2D eigenvalue weighted by molar-refractivity contribution is -0.137. The first-order chi connectivity index (χ1) is 10.7. The number of thiophene rings is 1. The molecule has 2 aromatic heterocycles. The van der Waals surface area contributed by atoms with Gasteiger partial charge in [-0.1, -0.05) is 37.9 Å². The molecular weight excluding hydrogens is 296 g/mol. The van der Waals surface area contributed by atoms with Gasteiger partial charge in [0.2, 0.25) is 5.91 Å². The number of rotatable bonds is 3. The molecule has 0 aliphatic carbocycles. The zero-order valence-corrected chi connectivity index (χ0v) is 13.9. The van der Waals surface area contributed by atoms with Crippen molar-refractivity contribution in [1.29, 1.82) is 0 Å². The monoisotopic (exact) mass is 318 g/mol. The summed E-state index contributed by atoms with van der Waals surface area (Å²) in [6, 6.07) is 6.08. The minimum Gasteiger partial charge on any atom is -0.355 e. The van der Waals surface area contributed by atoms with Crippen LogP contribution in [0, 0.1) is 5.92 Å². The molecule has 0 N–H and O–H groups in total. The van der Waals surface area contributed by atoms with Gasteiger partial charge in [0.15, 0.2) is 5.76 Å². The van der Waals surface area contributed by atoms with Gasteiger partial charge in [0.1, 0.15) is 5.69 Å². The quantitative estimate of drug-likeness (QED) is 0.837. The number of likely N-dealkylation sites (tertiary alicyclic amines) is 1. The minimum atomic E-state index is 0.0178. The molecule has 0 spiro atoms. The van der Waals surface area contributed by atoms with Crippen molar-refractivity contribution < 1.29 is 9.32 Å². The third-order valence-electron chi connectivity index (χ3n) is 4.16. The van der Waals surface area contributed by atoms with Crippen LogP contribution in [0.25, 0.3) is 10.6 Å². The van der Waals surface area contributed by atoms with Crippen LogP contribution in [0.3, 0.4) is 0 Å². The van der Waals surface area contributed by atoms with Gasteiger partial charge in [-0.2, -0.15) is 0 Å². The number of hydrogen-bond donors (Lipinski definition) is 0. The van der Waals surface area contributed by atoms with Crippen molar-refractivity contribution >= 4 is 17.2 Å². The summed E-state index contributed by atoms with van der Waals surface area (Å²) in [5.41, 5.74) is 0.888. The Morgan fingerprint density at radius 2 is 2.27 bits per heavy atom. The molecule has 118 valence electrons. The van der Waals surface area contributed by atoms with Crippen LogP contribution in [-0.2, 0) is 4.79 Å². The number of carbonyl (C=O) groups is 1. The Morgan fingerprint density at radius 1 is 1.41 bits per heavy atom. The smallest absolute Gasteiger partial charge is 0.225 e. The molecule has 5 heteroatoms. The van der Waals surface area contributed by atoms with E-state index in [0.29, 0.717) is 0 Å². The lowest BCUT2D eigenvalue weighted by Gasteiger charge is -2.30. The summed E-state index contributed by atoms with van der Waals surface area (Å²) in [7, 11) is 0. The zero-order valence-electron chi connectivity index (χ0n) is 13.1. The van der Waals surface area contributed by atoms with E-state index in [-0.39, 0.29) is 17.9 Å². The molecule has 3 heterocycles. The molecule has 1 amide bonds. The number of nitrogens with zero attached hydrogens (tertiary/aromatic N) is 2. The fraction of sp³-hybridized carbons (Fsp3) is 0.529. The van der Waals surface area contributed by atoms with Crippen LogP contribution in [0.1, 0.15) is 51.3 Å². The second-order valence-electron chi connectivity index (χ2n) is 6.14. The first-order valence-corrected chi connectivity index (χ1v) is 8.85. The highest BCUT2D eigenvalue weighted by Gasteiger charge is 2.30. The molecule has 22 heavy (non-hydrogen) atoms. The molecule has 0 unspecified atom stereocenters. The van der Waals surface area contributed by atoms with E-state index in [4.69, 9.17) is 4.52 Å².